The Bertz CT molecular complexity index is 3870. The number of hydrogen-bond acceptors (Lipinski definition) is 3. The third-order valence-electron chi connectivity index (χ3n) is 19.3. The van der Waals surface area contributed by atoms with Gasteiger partial charge in [0.25, 0.3) is 6.71 Å². The topological polar surface area (TPSA) is 9.72 Å². The number of rotatable bonds is 7. The molecular formula is C76H78BN3. The molecule has 0 fully saturated rings. The van der Waals surface area contributed by atoms with Crippen molar-refractivity contribution in [3.63, 3.8) is 0 Å². The predicted molar refractivity (Wildman–Crippen MR) is 345 cm³/mol. The number of aryl methyl sites for hydroxylation is 2. The summed E-state index contributed by atoms with van der Waals surface area (Å²) in [5.41, 5.74) is 29.6. The zero-order valence-electron chi connectivity index (χ0n) is 49.6. The lowest BCUT2D eigenvalue weighted by Crippen LogP contribution is -2.62. The van der Waals surface area contributed by atoms with Gasteiger partial charge in [0.05, 0.1) is 5.69 Å². The summed E-state index contributed by atoms with van der Waals surface area (Å²) in [7, 11) is 0. The Balaban J connectivity index is 1.14. The van der Waals surface area contributed by atoms with Crippen molar-refractivity contribution < 1.29 is 0 Å². The van der Waals surface area contributed by atoms with Crippen molar-refractivity contribution in [1.29, 1.82) is 0 Å². The van der Waals surface area contributed by atoms with Crippen molar-refractivity contribution in [3.05, 3.63) is 227 Å². The summed E-state index contributed by atoms with van der Waals surface area (Å²) in [6.07, 6.45) is 4.64. The average molecular weight is 1040 g/mol. The van der Waals surface area contributed by atoms with Crippen LogP contribution in [0.3, 0.4) is 0 Å². The Morgan fingerprint density at radius 3 is 1.51 bits per heavy atom. The number of anilines is 9. The first-order valence-corrected chi connectivity index (χ1v) is 29.5. The molecule has 4 heteroatoms. The molecule has 0 bridgehead atoms. The van der Waals surface area contributed by atoms with Crippen LogP contribution in [0.1, 0.15) is 141 Å². The Morgan fingerprint density at radius 2 is 0.912 bits per heavy atom. The normalized spacial score (nSPS) is 16.9. The van der Waals surface area contributed by atoms with Crippen molar-refractivity contribution >= 4 is 74.3 Å². The Labute approximate surface area is 478 Å². The number of para-hydroxylation sites is 2. The van der Waals surface area contributed by atoms with Crippen LogP contribution in [0.4, 0.5) is 51.2 Å². The lowest BCUT2D eigenvalue weighted by Gasteiger charge is -2.48. The monoisotopic (exact) mass is 1040 g/mol. The van der Waals surface area contributed by atoms with Crippen LogP contribution in [0.5, 0.6) is 0 Å². The molecule has 2 aliphatic heterocycles. The van der Waals surface area contributed by atoms with E-state index >= 15 is 0 Å². The molecule has 80 heavy (non-hydrogen) atoms. The molecule has 3 nitrogen and oxygen atoms in total. The SMILES string of the molecule is Cc1cc2c3c(c1)N(c1ccc(C(C)(C)C)cc1-c1ccc4c(c1)C(C)(C)CCC4(C)C)c1cc4c(cc1B3c1ccc(N(c3ccccc3)c3ccccc3)cc1N2c1cc(-c2ccccc2)ccc1C)C(C)(C)CCC4(C)C. The van der Waals surface area contributed by atoms with Crippen LogP contribution in [0, 0.1) is 13.8 Å². The van der Waals surface area contributed by atoms with Gasteiger partial charge < -0.3 is 14.7 Å². The standard InChI is InChI=1S/C76H78BN3/c1-49-41-69-71-70(42-49)80(66-44-52(30-29-50(66)2)51-23-17-14-18-24-51)67-46-57(78(55-25-19-15-20-26-55)56-27-21-16-22-28-56)33-35-63(67)77(71)64-47-61-62(76(12,13)40-39-75(61,10)11)48-68(64)79(69)65-36-32-54(72(3,4)5)45-58(65)53-31-34-59-60(43-53)74(8,9)38-37-73(59,6)7/h14-36,41-48H,37-40H2,1-13H3. The summed E-state index contributed by atoms with van der Waals surface area (Å²) in [4.78, 5) is 7.79. The van der Waals surface area contributed by atoms with Crippen LogP contribution in [0.15, 0.2) is 188 Å². The quantitative estimate of drug-likeness (QED) is 0.147. The van der Waals surface area contributed by atoms with E-state index in [9.17, 15) is 0 Å². The van der Waals surface area contributed by atoms with E-state index < -0.39 is 0 Å². The fraction of sp³-hybridized carbons (Fsp3) is 0.289. The van der Waals surface area contributed by atoms with Crippen molar-refractivity contribution in [2.24, 2.45) is 0 Å². The molecule has 2 heterocycles. The van der Waals surface area contributed by atoms with E-state index in [2.05, 4.69) is 293 Å². The zero-order chi connectivity index (χ0) is 55.8. The first kappa shape index (κ1) is 51.9. The molecule has 0 saturated heterocycles. The molecule has 0 aromatic heterocycles. The minimum Gasteiger partial charge on any atom is -0.311 e. The number of fused-ring (bicyclic) bond motifs is 6. The minimum absolute atomic E-state index is 0.00142. The van der Waals surface area contributed by atoms with Gasteiger partial charge in [0.15, 0.2) is 0 Å². The molecule has 9 aromatic rings. The van der Waals surface area contributed by atoms with Gasteiger partial charge in [-0.2, -0.15) is 0 Å². The molecule has 0 amide bonds. The maximum absolute atomic E-state index is 2.73. The van der Waals surface area contributed by atoms with Crippen molar-refractivity contribution in [3.8, 4) is 22.3 Å². The zero-order valence-corrected chi connectivity index (χ0v) is 49.6. The molecule has 13 rings (SSSR count). The number of nitrogens with zero attached hydrogens (tertiary/aromatic N) is 3. The van der Waals surface area contributed by atoms with Crippen LogP contribution in [-0.4, -0.2) is 6.71 Å². The fourth-order valence-corrected chi connectivity index (χ4v) is 14.3. The third kappa shape index (κ3) is 8.46. The van der Waals surface area contributed by atoms with E-state index in [4.69, 9.17) is 0 Å². The highest BCUT2D eigenvalue weighted by Crippen LogP contribution is 2.54. The van der Waals surface area contributed by atoms with E-state index in [0.29, 0.717) is 0 Å². The van der Waals surface area contributed by atoms with E-state index in [1.54, 1.807) is 0 Å². The number of hydrogen-bond donors (Lipinski definition) is 0. The molecule has 0 spiro atoms. The van der Waals surface area contributed by atoms with Gasteiger partial charge in [-0.25, -0.2) is 0 Å². The van der Waals surface area contributed by atoms with Crippen LogP contribution >= 0.6 is 0 Å². The fourth-order valence-electron chi connectivity index (χ4n) is 14.3. The van der Waals surface area contributed by atoms with Gasteiger partial charge in [-0.3, -0.25) is 0 Å². The van der Waals surface area contributed by atoms with E-state index in [1.165, 1.54) is 125 Å². The summed E-state index contributed by atoms with van der Waals surface area (Å²) in [6, 6.07) is 72.5. The molecule has 2 aliphatic carbocycles. The molecule has 400 valence electrons. The van der Waals surface area contributed by atoms with E-state index in [0.717, 1.165) is 29.9 Å². The Hall–Kier alpha value is -7.56. The second kappa shape index (κ2) is 18.5. The third-order valence-corrected chi connectivity index (χ3v) is 19.3. The van der Waals surface area contributed by atoms with Gasteiger partial charge in [-0.1, -0.05) is 191 Å². The highest BCUT2D eigenvalue weighted by Gasteiger charge is 2.47. The predicted octanol–water partition coefficient (Wildman–Crippen LogP) is 19.2. The molecular weight excluding hydrogens is 966 g/mol. The lowest BCUT2D eigenvalue weighted by atomic mass is 9.33. The van der Waals surface area contributed by atoms with Crippen LogP contribution < -0.4 is 31.1 Å². The van der Waals surface area contributed by atoms with E-state index in [-0.39, 0.29) is 33.8 Å². The lowest BCUT2D eigenvalue weighted by molar-refractivity contribution is 0.332. The molecule has 0 atom stereocenters. The summed E-state index contributed by atoms with van der Waals surface area (Å²) in [5.74, 6) is 0. The molecule has 0 N–H and O–H groups in total. The smallest absolute Gasteiger partial charge is 0.252 e. The maximum Gasteiger partial charge on any atom is 0.252 e. The highest BCUT2D eigenvalue weighted by atomic mass is 15.2. The van der Waals surface area contributed by atoms with Gasteiger partial charge in [0, 0.05) is 51.1 Å². The average Bonchev–Trinajstić information content (AvgIpc) is 3.54. The second-order valence-corrected chi connectivity index (χ2v) is 27.7. The Morgan fingerprint density at radius 1 is 0.388 bits per heavy atom. The Kier molecular flexibility index (Phi) is 12.0. The largest absolute Gasteiger partial charge is 0.311 e. The number of benzene rings is 9. The second-order valence-electron chi connectivity index (χ2n) is 27.7. The van der Waals surface area contributed by atoms with Crippen molar-refractivity contribution in [2.45, 2.75) is 143 Å². The van der Waals surface area contributed by atoms with E-state index in [1.807, 2.05) is 0 Å². The van der Waals surface area contributed by atoms with Gasteiger partial charge in [0.1, 0.15) is 0 Å². The van der Waals surface area contributed by atoms with Crippen LogP contribution in [0.2, 0.25) is 0 Å². The summed E-state index contributed by atoms with van der Waals surface area (Å²) in [5, 5.41) is 0. The van der Waals surface area contributed by atoms with Gasteiger partial charge in [-0.15, -0.1) is 0 Å². The first-order chi connectivity index (χ1) is 38.1. The van der Waals surface area contributed by atoms with Gasteiger partial charge >= 0.3 is 0 Å². The molecule has 4 aliphatic rings. The molecule has 9 aromatic carbocycles. The molecule has 0 radical (unpaired) electrons. The summed E-state index contributed by atoms with van der Waals surface area (Å²) in [6.45, 7) is 31.4. The summed E-state index contributed by atoms with van der Waals surface area (Å²) < 4.78 is 0. The summed E-state index contributed by atoms with van der Waals surface area (Å²) >= 11 is 0. The highest BCUT2D eigenvalue weighted by molar-refractivity contribution is 7.00. The molecule has 0 unspecified atom stereocenters. The molecule has 0 saturated carbocycles. The maximum atomic E-state index is 2.73. The minimum atomic E-state index is -0.0589. The van der Waals surface area contributed by atoms with Crippen LogP contribution in [-0.2, 0) is 27.1 Å². The van der Waals surface area contributed by atoms with Crippen LogP contribution in [0.25, 0.3) is 22.3 Å². The van der Waals surface area contributed by atoms with Gasteiger partial charge in [0.2, 0.25) is 0 Å². The van der Waals surface area contributed by atoms with Gasteiger partial charge in [-0.05, 0) is 211 Å². The first-order valence-electron chi connectivity index (χ1n) is 29.5. The van der Waals surface area contributed by atoms with Crippen molar-refractivity contribution in [2.75, 3.05) is 14.7 Å². The van der Waals surface area contributed by atoms with Crippen molar-refractivity contribution in [1.82, 2.24) is 0 Å².